The predicted octanol–water partition coefficient (Wildman–Crippen LogP) is 0.653. The van der Waals surface area contributed by atoms with E-state index in [2.05, 4.69) is 4.90 Å². The van der Waals surface area contributed by atoms with Gasteiger partial charge in [0.25, 0.3) is 0 Å². The Morgan fingerprint density at radius 2 is 1.94 bits per heavy atom. The molecule has 100 valence electrons. The largest absolute Gasteiger partial charge is 0.392 e. The zero-order valence-corrected chi connectivity index (χ0v) is 11.9. The minimum atomic E-state index is -0.234. The normalized spacial score (nSPS) is 21.3. The molecule has 1 rings (SSSR count). The van der Waals surface area contributed by atoms with E-state index < -0.39 is 0 Å². The maximum absolute atomic E-state index is 12.0. The molecule has 1 aliphatic rings. The van der Waals surface area contributed by atoms with E-state index in [0.29, 0.717) is 0 Å². The Balaban J connectivity index is 2.33. The van der Waals surface area contributed by atoms with Gasteiger partial charge in [-0.2, -0.15) is 11.8 Å². The van der Waals surface area contributed by atoms with Gasteiger partial charge >= 0.3 is 0 Å². The molecule has 1 N–H and O–H groups in total. The van der Waals surface area contributed by atoms with E-state index in [4.69, 9.17) is 0 Å². The first kappa shape index (κ1) is 14.8. The number of hydrogen-bond acceptors (Lipinski definition) is 4. The van der Waals surface area contributed by atoms with E-state index in [9.17, 15) is 9.90 Å². The quantitative estimate of drug-likeness (QED) is 0.788. The smallest absolute Gasteiger partial charge is 0.235 e. The summed E-state index contributed by atoms with van der Waals surface area (Å²) in [6, 6.07) is 0. The lowest BCUT2D eigenvalue weighted by Gasteiger charge is -2.36. The summed E-state index contributed by atoms with van der Waals surface area (Å²) in [6.45, 7) is 8.02. The van der Waals surface area contributed by atoms with Crippen LogP contribution in [0, 0.1) is 0 Å². The van der Waals surface area contributed by atoms with Crippen molar-refractivity contribution in [3.8, 4) is 0 Å². The van der Waals surface area contributed by atoms with E-state index in [1.807, 2.05) is 25.0 Å². The van der Waals surface area contributed by atoms with Crippen LogP contribution in [0.15, 0.2) is 0 Å². The van der Waals surface area contributed by atoms with Crippen LogP contribution >= 0.6 is 11.8 Å². The first-order valence-electron chi connectivity index (χ1n) is 6.30. The van der Waals surface area contributed by atoms with Crippen molar-refractivity contribution in [3.05, 3.63) is 0 Å². The van der Waals surface area contributed by atoms with Crippen molar-refractivity contribution >= 4 is 17.7 Å². The van der Waals surface area contributed by atoms with Gasteiger partial charge in [0.15, 0.2) is 0 Å². The number of hydrogen-bond donors (Lipinski definition) is 1. The summed E-state index contributed by atoms with van der Waals surface area (Å²) in [6.07, 6.45) is 2.53. The van der Waals surface area contributed by atoms with Crippen molar-refractivity contribution in [1.29, 1.82) is 0 Å². The number of carbonyl (C=O) groups is 1. The highest BCUT2D eigenvalue weighted by atomic mass is 32.2. The lowest BCUT2D eigenvalue weighted by Crippen LogP contribution is -2.51. The highest BCUT2D eigenvalue weighted by Gasteiger charge is 2.24. The Hall–Kier alpha value is -0.260. The molecule has 0 radical (unpaired) electrons. The van der Waals surface area contributed by atoms with E-state index >= 15 is 0 Å². The van der Waals surface area contributed by atoms with Gasteiger partial charge in [0.1, 0.15) is 0 Å². The molecular formula is C12H24N2O2S. The summed E-state index contributed by atoms with van der Waals surface area (Å²) < 4.78 is 0. The van der Waals surface area contributed by atoms with Crippen molar-refractivity contribution in [3.63, 3.8) is 0 Å². The molecular weight excluding hydrogens is 236 g/mol. The molecule has 0 unspecified atom stereocenters. The van der Waals surface area contributed by atoms with Crippen LogP contribution in [0.4, 0.5) is 0 Å². The second-order valence-electron chi connectivity index (χ2n) is 4.57. The molecule has 1 aliphatic heterocycles. The number of β-amino-alcohol motifs (C(OH)–C–C–N with tert-alkyl or cyclic N) is 1. The van der Waals surface area contributed by atoms with Crippen LogP contribution in [0.5, 0.6) is 0 Å². The van der Waals surface area contributed by atoms with Crippen molar-refractivity contribution in [2.75, 3.05) is 39.0 Å². The molecule has 1 fully saturated rings. The van der Waals surface area contributed by atoms with Gasteiger partial charge in [-0.15, -0.1) is 0 Å². The summed E-state index contributed by atoms with van der Waals surface area (Å²) in [5, 5.41) is 9.64. The third kappa shape index (κ3) is 4.48. The summed E-state index contributed by atoms with van der Waals surface area (Å²) in [7, 11) is 0. The van der Waals surface area contributed by atoms with Gasteiger partial charge in [0.2, 0.25) is 5.91 Å². The van der Waals surface area contributed by atoms with Crippen molar-refractivity contribution < 1.29 is 9.90 Å². The average molecular weight is 260 g/mol. The highest BCUT2D eigenvalue weighted by Crippen LogP contribution is 2.12. The summed E-state index contributed by atoms with van der Waals surface area (Å²) in [4.78, 5) is 16.1. The molecule has 1 amide bonds. The molecule has 1 saturated heterocycles. The van der Waals surface area contributed by atoms with Crippen molar-refractivity contribution in [1.82, 2.24) is 9.80 Å². The summed E-state index contributed by atoms with van der Waals surface area (Å²) in [5.41, 5.74) is 0. The third-order valence-electron chi connectivity index (χ3n) is 3.33. The van der Waals surface area contributed by atoms with Gasteiger partial charge in [0.05, 0.1) is 11.4 Å². The monoisotopic (exact) mass is 260 g/mol. The molecule has 0 aliphatic carbocycles. The van der Waals surface area contributed by atoms with Crippen LogP contribution in [0.1, 0.15) is 20.3 Å². The lowest BCUT2D eigenvalue weighted by molar-refractivity contribution is -0.132. The maximum atomic E-state index is 12.0. The van der Waals surface area contributed by atoms with Gasteiger partial charge in [-0.25, -0.2) is 0 Å². The average Bonchev–Trinajstić information content (AvgIpc) is 2.37. The predicted molar refractivity (Wildman–Crippen MR) is 72.3 cm³/mol. The van der Waals surface area contributed by atoms with Crippen LogP contribution in [0.2, 0.25) is 0 Å². The number of aliphatic hydroxyl groups excluding tert-OH is 1. The summed E-state index contributed by atoms with van der Waals surface area (Å²) in [5.74, 6) is 0.244. The number of thioether (sulfide) groups is 1. The molecule has 0 bridgehead atoms. The minimum absolute atomic E-state index is 0.0581. The molecule has 17 heavy (non-hydrogen) atoms. The van der Waals surface area contributed by atoms with Crippen LogP contribution in [0.25, 0.3) is 0 Å². The fourth-order valence-electron chi connectivity index (χ4n) is 1.94. The Morgan fingerprint density at radius 1 is 1.35 bits per heavy atom. The number of piperazine rings is 1. The molecule has 1 heterocycles. The summed E-state index contributed by atoms with van der Waals surface area (Å²) >= 11 is 1.60. The molecule has 0 spiro atoms. The van der Waals surface area contributed by atoms with Crippen molar-refractivity contribution in [2.45, 2.75) is 31.6 Å². The van der Waals surface area contributed by atoms with Gasteiger partial charge in [-0.05, 0) is 19.6 Å². The molecule has 0 aromatic rings. The van der Waals surface area contributed by atoms with Crippen LogP contribution in [-0.2, 0) is 4.79 Å². The van der Waals surface area contributed by atoms with Crippen molar-refractivity contribution in [2.24, 2.45) is 0 Å². The number of carbonyl (C=O) groups excluding carboxylic acids is 1. The number of rotatable bonds is 5. The van der Waals surface area contributed by atoms with E-state index in [1.165, 1.54) is 0 Å². The van der Waals surface area contributed by atoms with Gasteiger partial charge in [-0.1, -0.05) is 6.92 Å². The zero-order valence-electron chi connectivity index (χ0n) is 11.1. The minimum Gasteiger partial charge on any atom is -0.392 e. The highest BCUT2D eigenvalue weighted by molar-refractivity contribution is 7.99. The first-order chi connectivity index (χ1) is 8.08. The lowest BCUT2D eigenvalue weighted by atomic mass is 10.2. The molecule has 5 heteroatoms. The maximum Gasteiger partial charge on any atom is 0.235 e. The molecule has 0 aromatic heterocycles. The van der Waals surface area contributed by atoms with Crippen LogP contribution < -0.4 is 0 Å². The molecule has 2 atom stereocenters. The standard InChI is InChI=1S/C12H24N2O2S/c1-4-11(15)9-13-5-7-14(8-6-13)12(16)10(2)17-3/h10-11,15H,4-9H2,1-3H3/t10-,11+/m1/s1. The Bertz CT molecular complexity index is 243. The zero-order chi connectivity index (χ0) is 12.8. The SMILES string of the molecule is CC[C@H](O)CN1CCN(C(=O)[C@@H](C)SC)CC1. The Kier molecular flexibility index (Phi) is 6.30. The number of aliphatic hydroxyl groups is 1. The van der Waals surface area contributed by atoms with Gasteiger partial charge in [0, 0.05) is 32.7 Å². The molecule has 0 saturated carbocycles. The van der Waals surface area contributed by atoms with Gasteiger partial charge in [-0.3, -0.25) is 9.69 Å². The topological polar surface area (TPSA) is 43.8 Å². The second-order valence-corrected chi connectivity index (χ2v) is 5.74. The second kappa shape index (κ2) is 7.24. The van der Waals surface area contributed by atoms with E-state index in [0.717, 1.165) is 39.1 Å². The van der Waals surface area contributed by atoms with Gasteiger partial charge < -0.3 is 10.0 Å². The molecule has 4 nitrogen and oxygen atoms in total. The van der Waals surface area contributed by atoms with Crippen LogP contribution in [-0.4, -0.2) is 71.1 Å². The van der Waals surface area contributed by atoms with E-state index in [1.54, 1.807) is 11.8 Å². The number of amides is 1. The first-order valence-corrected chi connectivity index (χ1v) is 7.59. The Morgan fingerprint density at radius 3 is 2.41 bits per heavy atom. The number of nitrogens with zero attached hydrogens (tertiary/aromatic N) is 2. The third-order valence-corrected chi connectivity index (χ3v) is 4.23. The fourth-order valence-corrected chi connectivity index (χ4v) is 2.29. The van der Waals surface area contributed by atoms with E-state index in [-0.39, 0.29) is 17.3 Å². The Labute approximate surface area is 108 Å². The molecule has 0 aromatic carbocycles. The van der Waals surface area contributed by atoms with Crippen LogP contribution in [0.3, 0.4) is 0 Å². The fraction of sp³-hybridized carbons (Fsp3) is 0.917.